The molecular weight excluding hydrogens is 350 g/mol. The van der Waals surface area contributed by atoms with Gasteiger partial charge in [0.15, 0.2) is 5.17 Å². The molecule has 0 aliphatic carbocycles. The van der Waals surface area contributed by atoms with Gasteiger partial charge in [-0.3, -0.25) is 4.79 Å². The SMILES string of the molecule is COC(=O)C1=C(C)N=C2SC(C(=O)N(C)C)=C(C)N2C1c1ccccc1. The normalized spacial score (nSPS) is 19.3. The van der Waals surface area contributed by atoms with Crippen LogP contribution in [-0.2, 0) is 14.3 Å². The van der Waals surface area contributed by atoms with Crippen LogP contribution in [0, 0.1) is 0 Å². The fourth-order valence-electron chi connectivity index (χ4n) is 3.10. The van der Waals surface area contributed by atoms with Crippen molar-refractivity contribution in [3.63, 3.8) is 0 Å². The van der Waals surface area contributed by atoms with Gasteiger partial charge in [0.05, 0.1) is 29.3 Å². The predicted molar refractivity (Wildman–Crippen MR) is 102 cm³/mol. The number of amidine groups is 1. The molecule has 136 valence electrons. The van der Waals surface area contributed by atoms with Crippen LogP contribution in [0.1, 0.15) is 25.5 Å². The summed E-state index contributed by atoms with van der Waals surface area (Å²) in [7, 11) is 4.81. The van der Waals surface area contributed by atoms with Crippen molar-refractivity contribution in [3.8, 4) is 0 Å². The molecule has 1 aromatic rings. The lowest BCUT2D eigenvalue weighted by Gasteiger charge is -2.35. The molecule has 1 amide bonds. The maximum absolute atomic E-state index is 12.6. The third-order valence-corrected chi connectivity index (χ3v) is 5.54. The van der Waals surface area contributed by atoms with Crippen molar-refractivity contribution in [1.82, 2.24) is 9.80 Å². The number of allylic oxidation sites excluding steroid dienone is 2. The van der Waals surface area contributed by atoms with Gasteiger partial charge < -0.3 is 14.5 Å². The van der Waals surface area contributed by atoms with Gasteiger partial charge in [0.25, 0.3) is 5.91 Å². The number of amides is 1. The summed E-state index contributed by atoms with van der Waals surface area (Å²) in [4.78, 5) is 33.8. The Balaban J connectivity index is 2.17. The number of aliphatic imine (C=N–C) groups is 1. The van der Waals surface area contributed by atoms with Crippen molar-refractivity contribution in [2.24, 2.45) is 4.99 Å². The summed E-state index contributed by atoms with van der Waals surface area (Å²) in [5, 5.41) is 0.701. The van der Waals surface area contributed by atoms with Crippen LogP contribution in [0.3, 0.4) is 0 Å². The minimum Gasteiger partial charge on any atom is -0.466 e. The van der Waals surface area contributed by atoms with Gasteiger partial charge in [-0.2, -0.15) is 0 Å². The lowest BCUT2D eigenvalue weighted by Crippen LogP contribution is -2.36. The lowest BCUT2D eigenvalue weighted by molar-refractivity contribution is -0.136. The van der Waals surface area contributed by atoms with Gasteiger partial charge in [0.1, 0.15) is 0 Å². The fourth-order valence-corrected chi connectivity index (χ4v) is 4.32. The molecule has 0 saturated carbocycles. The minimum absolute atomic E-state index is 0.0753. The molecule has 0 N–H and O–H groups in total. The first-order valence-electron chi connectivity index (χ1n) is 8.19. The monoisotopic (exact) mass is 371 g/mol. The quantitative estimate of drug-likeness (QED) is 0.765. The van der Waals surface area contributed by atoms with Crippen LogP contribution in [0.2, 0.25) is 0 Å². The van der Waals surface area contributed by atoms with Crippen molar-refractivity contribution in [2.45, 2.75) is 19.9 Å². The van der Waals surface area contributed by atoms with Crippen LogP contribution in [0.4, 0.5) is 0 Å². The standard InChI is InChI=1S/C19H21N3O3S/c1-11-14(18(24)25-5)15(13-9-7-6-8-10-13)22-12(2)16(17(23)21(3)4)26-19(22)20-11/h6-10,15H,1-5H3. The average Bonchev–Trinajstić information content (AvgIpc) is 2.96. The number of benzene rings is 1. The maximum Gasteiger partial charge on any atom is 0.338 e. The largest absolute Gasteiger partial charge is 0.466 e. The second-order valence-corrected chi connectivity index (χ2v) is 7.26. The van der Waals surface area contributed by atoms with Gasteiger partial charge >= 0.3 is 5.97 Å². The zero-order chi connectivity index (χ0) is 19.0. The number of hydrogen-bond donors (Lipinski definition) is 0. The molecule has 2 aliphatic rings. The van der Waals surface area contributed by atoms with Crippen LogP contribution in [0.5, 0.6) is 0 Å². The second kappa shape index (κ2) is 6.99. The molecule has 0 fully saturated rings. The molecular formula is C19H21N3O3S. The number of hydrogen-bond acceptors (Lipinski definition) is 6. The number of esters is 1. The Kier molecular flexibility index (Phi) is 4.91. The molecule has 6 nitrogen and oxygen atoms in total. The summed E-state index contributed by atoms with van der Waals surface area (Å²) in [5.41, 5.74) is 2.82. The van der Waals surface area contributed by atoms with E-state index in [1.807, 2.05) is 42.2 Å². The summed E-state index contributed by atoms with van der Waals surface area (Å²) < 4.78 is 5.02. The molecule has 1 aromatic carbocycles. The number of carbonyl (C=O) groups excluding carboxylic acids is 2. The maximum atomic E-state index is 12.6. The molecule has 0 bridgehead atoms. The number of methoxy groups -OCH3 is 1. The molecule has 0 saturated heterocycles. The van der Waals surface area contributed by atoms with E-state index in [0.29, 0.717) is 21.3 Å². The number of nitrogens with zero attached hydrogens (tertiary/aromatic N) is 3. The number of fused-ring (bicyclic) bond motifs is 1. The van der Waals surface area contributed by atoms with Crippen molar-refractivity contribution < 1.29 is 14.3 Å². The molecule has 1 atom stereocenters. The van der Waals surface area contributed by atoms with Gasteiger partial charge in [0.2, 0.25) is 0 Å². The molecule has 0 spiro atoms. The highest BCUT2D eigenvalue weighted by molar-refractivity contribution is 8.18. The van der Waals surface area contributed by atoms with Gasteiger partial charge in [-0.05, 0) is 31.2 Å². The predicted octanol–water partition coefficient (Wildman–Crippen LogP) is 2.91. The van der Waals surface area contributed by atoms with Crippen LogP contribution in [0.15, 0.2) is 57.2 Å². The van der Waals surface area contributed by atoms with Crippen LogP contribution >= 0.6 is 11.8 Å². The van der Waals surface area contributed by atoms with Crippen LogP contribution in [-0.4, -0.2) is 48.0 Å². The van der Waals surface area contributed by atoms with Gasteiger partial charge in [0, 0.05) is 19.8 Å². The van der Waals surface area contributed by atoms with E-state index >= 15 is 0 Å². The zero-order valence-corrected chi connectivity index (χ0v) is 16.3. The van der Waals surface area contributed by atoms with Crippen molar-refractivity contribution in [1.29, 1.82) is 0 Å². The van der Waals surface area contributed by atoms with Crippen molar-refractivity contribution >= 4 is 28.8 Å². The second-order valence-electron chi connectivity index (χ2n) is 6.28. The number of thioether (sulfide) groups is 1. The number of carbonyl (C=O) groups is 2. The van der Waals surface area contributed by atoms with E-state index in [1.54, 1.807) is 25.9 Å². The zero-order valence-electron chi connectivity index (χ0n) is 15.4. The Morgan fingerprint density at radius 3 is 2.42 bits per heavy atom. The lowest BCUT2D eigenvalue weighted by atomic mass is 9.94. The van der Waals surface area contributed by atoms with Crippen molar-refractivity contribution in [3.05, 3.63) is 57.8 Å². The first-order valence-corrected chi connectivity index (χ1v) is 9.00. The van der Waals surface area contributed by atoms with E-state index < -0.39 is 5.97 Å². The van der Waals surface area contributed by atoms with Crippen molar-refractivity contribution in [2.75, 3.05) is 21.2 Å². The molecule has 26 heavy (non-hydrogen) atoms. The van der Waals surface area contributed by atoms with Gasteiger partial charge in [-0.15, -0.1) is 0 Å². The Labute approximate surface area is 157 Å². The summed E-state index contributed by atoms with van der Waals surface area (Å²) in [5.74, 6) is -0.488. The topological polar surface area (TPSA) is 62.2 Å². The first-order chi connectivity index (χ1) is 12.4. The summed E-state index contributed by atoms with van der Waals surface area (Å²) in [6.45, 7) is 3.69. The Morgan fingerprint density at radius 2 is 1.85 bits per heavy atom. The minimum atomic E-state index is -0.413. The average molecular weight is 371 g/mol. The molecule has 0 aromatic heterocycles. The number of ether oxygens (including phenoxy) is 1. The molecule has 2 aliphatic heterocycles. The van der Waals surface area contributed by atoms with E-state index in [1.165, 1.54) is 18.9 Å². The summed E-state index contributed by atoms with van der Waals surface area (Å²) in [6, 6.07) is 9.34. The molecule has 0 radical (unpaired) electrons. The third-order valence-electron chi connectivity index (χ3n) is 4.40. The Bertz CT molecular complexity index is 856. The number of likely N-dealkylation sites (N-methyl/N-ethyl adjacent to an activating group) is 1. The smallest absolute Gasteiger partial charge is 0.338 e. The van der Waals surface area contributed by atoms with Gasteiger partial charge in [-0.25, -0.2) is 9.79 Å². The fraction of sp³-hybridized carbons (Fsp3) is 0.316. The van der Waals surface area contributed by atoms with E-state index in [9.17, 15) is 9.59 Å². The highest BCUT2D eigenvalue weighted by Gasteiger charge is 2.43. The van der Waals surface area contributed by atoms with E-state index in [2.05, 4.69) is 4.99 Å². The van der Waals surface area contributed by atoms with E-state index in [4.69, 9.17) is 4.74 Å². The Hall–Kier alpha value is -2.54. The highest BCUT2D eigenvalue weighted by atomic mass is 32.2. The van der Waals surface area contributed by atoms with Crippen LogP contribution < -0.4 is 0 Å². The van der Waals surface area contributed by atoms with E-state index in [0.717, 1.165) is 11.3 Å². The summed E-state index contributed by atoms with van der Waals surface area (Å²) >= 11 is 1.34. The molecule has 7 heteroatoms. The third kappa shape index (κ3) is 2.92. The number of rotatable bonds is 3. The molecule has 2 heterocycles. The van der Waals surface area contributed by atoms with E-state index in [-0.39, 0.29) is 11.9 Å². The van der Waals surface area contributed by atoms with Gasteiger partial charge in [-0.1, -0.05) is 30.3 Å². The first kappa shape index (κ1) is 18.3. The van der Waals surface area contributed by atoms with Crippen LogP contribution in [0.25, 0.3) is 0 Å². The molecule has 1 unspecified atom stereocenters. The highest BCUT2D eigenvalue weighted by Crippen LogP contribution is 2.47. The Morgan fingerprint density at radius 1 is 1.19 bits per heavy atom. The summed E-state index contributed by atoms with van der Waals surface area (Å²) in [6.07, 6.45) is 0. The molecule has 3 rings (SSSR count).